The highest BCUT2D eigenvalue weighted by Crippen LogP contribution is 2.14. The number of ether oxygens (including phenoxy) is 1. The average molecular weight is 417 g/mol. The van der Waals surface area contributed by atoms with Crippen LogP contribution in [0.25, 0.3) is 0 Å². The van der Waals surface area contributed by atoms with E-state index in [1.807, 2.05) is 6.92 Å². The van der Waals surface area contributed by atoms with Gasteiger partial charge in [0.2, 0.25) is 5.91 Å². The Morgan fingerprint density at radius 2 is 1.72 bits per heavy atom. The number of alkyl halides is 3. The van der Waals surface area contributed by atoms with Crippen molar-refractivity contribution in [1.29, 1.82) is 0 Å². The zero-order chi connectivity index (χ0) is 21.7. The van der Waals surface area contributed by atoms with Gasteiger partial charge in [-0.25, -0.2) is 4.79 Å². The molecule has 0 fully saturated rings. The number of amides is 3. The van der Waals surface area contributed by atoms with Crippen LogP contribution in [0.2, 0.25) is 0 Å². The Kier molecular flexibility index (Phi) is 10.6. The predicted octanol–water partition coefficient (Wildman–Crippen LogP) is 2.66. The highest BCUT2D eigenvalue weighted by molar-refractivity contribution is 5.90. The molecule has 0 spiro atoms. The van der Waals surface area contributed by atoms with Crippen LogP contribution in [0.3, 0.4) is 0 Å². The summed E-state index contributed by atoms with van der Waals surface area (Å²) in [6.07, 6.45) is -2.58. The molecule has 0 unspecified atom stereocenters. The monoisotopic (exact) mass is 417 g/mol. The summed E-state index contributed by atoms with van der Waals surface area (Å²) < 4.78 is 42.5. The third-order valence-electron chi connectivity index (χ3n) is 3.87. The lowest BCUT2D eigenvalue weighted by Gasteiger charge is -2.19. The number of carbonyl (C=O) groups excluding carboxylic acids is 3. The highest BCUT2D eigenvalue weighted by atomic mass is 19.4. The Labute approximate surface area is 167 Å². The maximum absolute atomic E-state index is 12.5. The van der Waals surface area contributed by atoms with Gasteiger partial charge in [-0.15, -0.1) is 0 Å². The van der Waals surface area contributed by atoms with Crippen LogP contribution in [-0.2, 0) is 20.9 Å². The number of hydrogen-bond acceptors (Lipinski definition) is 4. The van der Waals surface area contributed by atoms with E-state index in [1.54, 1.807) is 35.6 Å². The molecule has 162 valence electrons. The van der Waals surface area contributed by atoms with Crippen molar-refractivity contribution in [2.24, 2.45) is 0 Å². The van der Waals surface area contributed by atoms with Crippen LogP contribution < -0.4 is 16.0 Å². The zero-order valence-electron chi connectivity index (χ0n) is 16.2. The van der Waals surface area contributed by atoms with Crippen molar-refractivity contribution < 1.29 is 32.3 Å². The van der Waals surface area contributed by atoms with Crippen LogP contribution in [0.15, 0.2) is 30.3 Å². The lowest BCUT2D eigenvalue weighted by molar-refractivity contribution is -0.174. The third kappa shape index (κ3) is 10.4. The van der Waals surface area contributed by atoms with E-state index < -0.39 is 36.7 Å². The van der Waals surface area contributed by atoms with E-state index in [0.29, 0.717) is 6.42 Å². The quantitative estimate of drug-likeness (QED) is 0.483. The molecule has 0 saturated heterocycles. The number of carbonyl (C=O) groups is 3. The molecule has 7 nitrogen and oxygen atoms in total. The van der Waals surface area contributed by atoms with Gasteiger partial charge >= 0.3 is 18.2 Å². The van der Waals surface area contributed by atoms with Gasteiger partial charge in [-0.05, 0) is 12.0 Å². The number of halogens is 3. The van der Waals surface area contributed by atoms with Crippen molar-refractivity contribution in [2.45, 2.75) is 51.4 Å². The fourth-order valence-corrected chi connectivity index (χ4v) is 2.30. The first-order valence-corrected chi connectivity index (χ1v) is 9.34. The van der Waals surface area contributed by atoms with E-state index in [-0.39, 0.29) is 13.2 Å². The van der Waals surface area contributed by atoms with Gasteiger partial charge in [-0.2, -0.15) is 13.2 Å². The minimum atomic E-state index is -5.15. The van der Waals surface area contributed by atoms with E-state index in [9.17, 15) is 27.6 Å². The maximum atomic E-state index is 12.5. The van der Waals surface area contributed by atoms with Crippen molar-refractivity contribution in [3.63, 3.8) is 0 Å². The summed E-state index contributed by atoms with van der Waals surface area (Å²) in [5, 5.41) is 6.26. The van der Waals surface area contributed by atoms with Crippen molar-refractivity contribution in [3.8, 4) is 0 Å². The maximum Gasteiger partial charge on any atom is 0.471 e. The van der Waals surface area contributed by atoms with Gasteiger partial charge in [0, 0.05) is 6.54 Å². The summed E-state index contributed by atoms with van der Waals surface area (Å²) in [6.45, 7) is 1.69. The van der Waals surface area contributed by atoms with Crippen molar-refractivity contribution >= 4 is 17.9 Å². The van der Waals surface area contributed by atoms with Crippen LogP contribution in [-0.4, -0.2) is 43.2 Å². The largest absolute Gasteiger partial charge is 0.471 e. The lowest BCUT2D eigenvalue weighted by atomic mass is 10.2. The average Bonchev–Trinajstić information content (AvgIpc) is 2.69. The minimum absolute atomic E-state index is 0.0458. The summed E-state index contributed by atoms with van der Waals surface area (Å²) in [6, 6.07) is 7.17. The molecule has 0 aromatic heterocycles. The second-order valence-corrected chi connectivity index (χ2v) is 6.32. The molecule has 3 amide bonds. The van der Waals surface area contributed by atoms with Crippen molar-refractivity contribution in [2.75, 3.05) is 13.1 Å². The Morgan fingerprint density at radius 3 is 2.34 bits per heavy atom. The number of benzene rings is 1. The molecule has 0 aliphatic heterocycles. The lowest BCUT2D eigenvalue weighted by Crippen LogP contribution is -2.55. The third-order valence-corrected chi connectivity index (χ3v) is 3.87. The molecule has 1 aromatic carbocycles. The summed E-state index contributed by atoms with van der Waals surface area (Å²) in [4.78, 5) is 35.1. The first-order valence-electron chi connectivity index (χ1n) is 9.34. The SMILES string of the molecule is CCCCCCNC(=O)[C@H](CNC(=O)OCc1ccccc1)NC(=O)C(F)(F)F. The van der Waals surface area contributed by atoms with Crippen LogP contribution in [0.1, 0.15) is 38.2 Å². The summed E-state index contributed by atoms with van der Waals surface area (Å²) in [5.41, 5.74) is 0.717. The number of alkyl carbamates (subject to hydrolysis) is 1. The number of rotatable bonds is 11. The smallest absolute Gasteiger partial charge is 0.445 e. The van der Waals surface area contributed by atoms with Crippen LogP contribution in [0.4, 0.5) is 18.0 Å². The summed E-state index contributed by atoms with van der Waals surface area (Å²) in [5.74, 6) is -3.08. The standard InChI is InChI=1S/C19H26F3N3O4/c1-2-3-4-8-11-23-16(26)15(25-17(27)19(20,21)22)12-24-18(28)29-13-14-9-6-5-7-10-14/h5-7,9-10,15H,2-4,8,11-13H2,1H3,(H,23,26)(H,24,28)(H,25,27)/t15-/m0/s1. The molecule has 0 radical (unpaired) electrons. The summed E-state index contributed by atoms with van der Waals surface area (Å²) >= 11 is 0. The molecule has 0 aliphatic rings. The molecule has 3 N–H and O–H groups in total. The van der Waals surface area contributed by atoms with Gasteiger partial charge in [0.1, 0.15) is 12.6 Å². The van der Waals surface area contributed by atoms with Crippen molar-refractivity contribution in [1.82, 2.24) is 16.0 Å². The predicted molar refractivity (Wildman–Crippen MR) is 99.8 cm³/mol. The molecule has 0 bridgehead atoms. The van der Waals surface area contributed by atoms with Gasteiger partial charge in [-0.1, -0.05) is 56.5 Å². The Balaban J connectivity index is 2.54. The Bertz CT molecular complexity index is 654. The molecule has 0 saturated carbocycles. The Hall–Kier alpha value is -2.78. The first kappa shape index (κ1) is 24.3. The summed E-state index contributed by atoms with van der Waals surface area (Å²) in [7, 11) is 0. The van der Waals surface area contributed by atoms with E-state index in [1.165, 1.54) is 0 Å². The molecule has 1 rings (SSSR count). The number of nitrogens with one attached hydrogen (secondary N) is 3. The second-order valence-electron chi connectivity index (χ2n) is 6.32. The van der Waals surface area contributed by atoms with Crippen LogP contribution in [0.5, 0.6) is 0 Å². The molecule has 29 heavy (non-hydrogen) atoms. The molecule has 0 aliphatic carbocycles. The molecule has 10 heteroatoms. The normalized spacial score (nSPS) is 12.0. The second kappa shape index (κ2) is 12.6. The fourth-order valence-electron chi connectivity index (χ4n) is 2.30. The number of unbranched alkanes of at least 4 members (excludes halogenated alkanes) is 3. The van der Waals surface area contributed by atoms with Crippen molar-refractivity contribution in [3.05, 3.63) is 35.9 Å². The van der Waals surface area contributed by atoms with Gasteiger partial charge < -0.3 is 20.7 Å². The van der Waals surface area contributed by atoms with E-state index >= 15 is 0 Å². The van der Waals surface area contributed by atoms with Crippen LogP contribution >= 0.6 is 0 Å². The van der Waals surface area contributed by atoms with Gasteiger partial charge in [0.05, 0.1) is 6.54 Å². The topological polar surface area (TPSA) is 96.5 Å². The van der Waals surface area contributed by atoms with E-state index in [0.717, 1.165) is 24.8 Å². The van der Waals surface area contributed by atoms with Crippen LogP contribution in [0, 0.1) is 0 Å². The van der Waals surface area contributed by atoms with Gasteiger partial charge in [-0.3, -0.25) is 9.59 Å². The van der Waals surface area contributed by atoms with E-state index in [4.69, 9.17) is 4.74 Å². The van der Waals surface area contributed by atoms with Gasteiger partial charge in [0.15, 0.2) is 0 Å². The zero-order valence-corrected chi connectivity index (χ0v) is 16.2. The molecule has 1 aromatic rings. The fraction of sp³-hybridized carbons (Fsp3) is 0.526. The molecular formula is C19H26F3N3O4. The molecular weight excluding hydrogens is 391 g/mol. The van der Waals surface area contributed by atoms with Gasteiger partial charge in [0.25, 0.3) is 0 Å². The van der Waals surface area contributed by atoms with E-state index in [2.05, 4.69) is 10.6 Å². The minimum Gasteiger partial charge on any atom is -0.445 e. The number of hydrogen-bond donors (Lipinski definition) is 3. The first-order chi connectivity index (χ1) is 13.7. The Morgan fingerprint density at radius 1 is 1.03 bits per heavy atom. The molecule has 0 heterocycles. The highest BCUT2D eigenvalue weighted by Gasteiger charge is 2.40. The molecule has 1 atom stereocenters.